The molecule has 0 atom stereocenters. The zero-order valence-corrected chi connectivity index (χ0v) is 11.9. The molecule has 0 saturated heterocycles. The molecule has 20 heavy (non-hydrogen) atoms. The normalized spacial score (nSPS) is 10.1. The molecule has 0 aliphatic carbocycles. The summed E-state index contributed by atoms with van der Waals surface area (Å²) in [5.41, 5.74) is 2.35. The molecule has 2 aromatic rings. The Morgan fingerprint density at radius 1 is 1.05 bits per heavy atom. The van der Waals surface area contributed by atoms with Gasteiger partial charge >= 0.3 is 0 Å². The van der Waals surface area contributed by atoms with Crippen LogP contribution in [-0.4, -0.2) is 24.5 Å². The van der Waals surface area contributed by atoms with Crippen LogP contribution in [0.2, 0.25) is 0 Å². The third kappa shape index (κ3) is 3.85. The predicted octanol–water partition coefficient (Wildman–Crippen LogP) is 3.03. The van der Waals surface area contributed by atoms with Gasteiger partial charge in [0.15, 0.2) is 6.61 Å². The van der Waals surface area contributed by atoms with Crippen molar-refractivity contribution in [1.82, 2.24) is 4.90 Å². The van der Waals surface area contributed by atoms with Crippen LogP contribution in [0.4, 0.5) is 0 Å². The molecule has 3 nitrogen and oxygen atoms in total. The number of benzene rings is 2. The van der Waals surface area contributed by atoms with Gasteiger partial charge in [0.2, 0.25) is 0 Å². The van der Waals surface area contributed by atoms with E-state index in [1.165, 1.54) is 5.56 Å². The number of para-hydroxylation sites is 1. The molecular formula is C17H19NO2. The smallest absolute Gasteiger partial charge is 0.260 e. The summed E-state index contributed by atoms with van der Waals surface area (Å²) in [5.74, 6) is 0.683. The van der Waals surface area contributed by atoms with E-state index in [-0.39, 0.29) is 12.5 Å². The molecule has 0 N–H and O–H groups in total. The topological polar surface area (TPSA) is 29.5 Å². The molecule has 1 amide bonds. The summed E-state index contributed by atoms with van der Waals surface area (Å²) in [6, 6.07) is 17.4. The van der Waals surface area contributed by atoms with E-state index in [0.29, 0.717) is 12.3 Å². The molecule has 0 fully saturated rings. The van der Waals surface area contributed by atoms with Crippen molar-refractivity contribution >= 4 is 5.91 Å². The Balaban J connectivity index is 1.88. The summed E-state index contributed by atoms with van der Waals surface area (Å²) in [6.45, 7) is 2.71. The molecule has 3 heteroatoms. The highest BCUT2D eigenvalue weighted by Gasteiger charge is 2.11. The first-order valence-corrected chi connectivity index (χ1v) is 6.63. The molecule has 0 saturated carbocycles. The number of aryl methyl sites for hydroxylation is 1. The number of hydrogen-bond acceptors (Lipinski definition) is 2. The van der Waals surface area contributed by atoms with Crippen molar-refractivity contribution in [1.29, 1.82) is 0 Å². The Labute approximate surface area is 119 Å². The Hall–Kier alpha value is -2.29. The Morgan fingerprint density at radius 2 is 1.70 bits per heavy atom. The van der Waals surface area contributed by atoms with E-state index in [1.54, 1.807) is 11.9 Å². The second-order valence-electron chi connectivity index (χ2n) is 4.78. The van der Waals surface area contributed by atoms with E-state index in [9.17, 15) is 4.79 Å². The van der Waals surface area contributed by atoms with Gasteiger partial charge in [-0.05, 0) is 30.2 Å². The van der Waals surface area contributed by atoms with Crippen molar-refractivity contribution in [2.24, 2.45) is 0 Å². The van der Waals surface area contributed by atoms with Gasteiger partial charge in [-0.3, -0.25) is 4.79 Å². The number of ether oxygens (including phenoxy) is 1. The van der Waals surface area contributed by atoms with Crippen LogP contribution in [0, 0.1) is 6.92 Å². The maximum absolute atomic E-state index is 12.0. The van der Waals surface area contributed by atoms with Crippen LogP contribution in [-0.2, 0) is 11.3 Å². The summed E-state index contributed by atoms with van der Waals surface area (Å²) < 4.78 is 5.47. The lowest BCUT2D eigenvalue weighted by molar-refractivity contribution is -0.132. The van der Waals surface area contributed by atoms with E-state index in [2.05, 4.69) is 0 Å². The quantitative estimate of drug-likeness (QED) is 0.835. The van der Waals surface area contributed by atoms with Crippen LogP contribution < -0.4 is 4.74 Å². The molecule has 0 bridgehead atoms. The summed E-state index contributed by atoms with van der Waals surface area (Å²) in [6.07, 6.45) is 0. The zero-order chi connectivity index (χ0) is 14.4. The molecule has 0 radical (unpaired) electrons. The Kier molecular flexibility index (Phi) is 4.77. The first-order chi connectivity index (χ1) is 9.66. The van der Waals surface area contributed by atoms with Crippen molar-refractivity contribution in [2.45, 2.75) is 13.5 Å². The maximum atomic E-state index is 12.0. The Bertz CT molecular complexity index is 566. The van der Waals surface area contributed by atoms with Gasteiger partial charge in [-0.2, -0.15) is 0 Å². The molecule has 0 unspecified atom stereocenters. The zero-order valence-electron chi connectivity index (χ0n) is 11.9. The molecule has 104 valence electrons. The van der Waals surface area contributed by atoms with Crippen molar-refractivity contribution in [3.8, 4) is 5.75 Å². The molecule has 2 aromatic carbocycles. The average molecular weight is 269 g/mol. The first kappa shape index (κ1) is 14.1. The number of nitrogens with zero attached hydrogens (tertiary/aromatic N) is 1. The van der Waals surface area contributed by atoms with E-state index >= 15 is 0 Å². The van der Waals surface area contributed by atoms with Crippen LogP contribution in [0.5, 0.6) is 5.75 Å². The number of amides is 1. The fourth-order valence-electron chi connectivity index (χ4n) is 1.90. The van der Waals surface area contributed by atoms with Crippen LogP contribution in [0.3, 0.4) is 0 Å². The van der Waals surface area contributed by atoms with Crippen molar-refractivity contribution < 1.29 is 9.53 Å². The summed E-state index contributed by atoms with van der Waals surface area (Å²) in [7, 11) is 1.79. The monoisotopic (exact) mass is 269 g/mol. The highest BCUT2D eigenvalue weighted by molar-refractivity contribution is 5.77. The minimum Gasteiger partial charge on any atom is -0.484 e. The van der Waals surface area contributed by atoms with Crippen molar-refractivity contribution in [3.63, 3.8) is 0 Å². The highest BCUT2D eigenvalue weighted by atomic mass is 16.5. The fourth-order valence-corrected chi connectivity index (χ4v) is 1.90. The number of likely N-dealkylation sites (N-methyl/N-ethyl adjacent to an activating group) is 1. The van der Waals surface area contributed by atoms with Crippen molar-refractivity contribution in [3.05, 3.63) is 65.7 Å². The summed E-state index contributed by atoms with van der Waals surface area (Å²) in [4.78, 5) is 13.7. The fraction of sp³-hybridized carbons (Fsp3) is 0.235. The molecular weight excluding hydrogens is 250 g/mol. The third-order valence-corrected chi connectivity index (χ3v) is 3.20. The van der Waals surface area contributed by atoms with E-state index in [1.807, 2.05) is 61.5 Å². The molecule has 0 aromatic heterocycles. The average Bonchev–Trinajstić information content (AvgIpc) is 2.48. The van der Waals surface area contributed by atoms with Crippen LogP contribution in [0.15, 0.2) is 54.6 Å². The van der Waals surface area contributed by atoms with Gasteiger partial charge in [0.25, 0.3) is 5.91 Å². The lowest BCUT2D eigenvalue weighted by atomic mass is 10.1. The Morgan fingerprint density at radius 3 is 2.40 bits per heavy atom. The SMILES string of the molecule is Cc1ccccc1CN(C)C(=O)COc1ccccc1. The maximum Gasteiger partial charge on any atom is 0.260 e. The molecule has 0 heterocycles. The van der Waals surface area contributed by atoms with Gasteiger partial charge in [0, 0.05) is 13.6 Å². The number of rotatable bonds is 5. The van der Waals surface area contributed by atoms with Crippen LogP contribution in [0.1, 0.15) is 11.1 Å². The molecule has 2 rings (SSSR count). The predicted molar refractivity (Wildman–Crippen MR) is 79.6 cm³/mol. The third-order valence-electron chi connectivity index (χ3n) is 3.20. The van der Waals surface area contributed by atoms with E-state index in [0.717, 1.165) is 5.56 Å². The molecule has 0 spiro atoms. The lowest BCUT2D eigenvalue weighted by Crippen LogP contribution is -2.31. The number of carbonyl (C=O) groups excluding carboxylic acids is 1. The van der Waals surface area contributed by atoms with Gasteiger partial charge in [-0.1, -0.05) is 42.5 Å². The summed E-state index contributed by atoms with van der Waals surface area (Å²) in [5, 5.41) is 0. The first-order valence-electron chi connectivity index (χ1n) is 6.63. The standard InChI is InChI=1S/C17H19NO2/c1-14-8-6-7-9-15(14)12-18(2)17(19)13-20-16-10-4-3-5-11-16/h3-11H,12-13H2,1-2H3. The van der Waals surface area contributed by atoms with Gasteiger partial charge in [-0.25, -0.2) is 0 Å². The minimum atomic E-state index is -0.0305. The second kappa shape index (κ2) is 6.75. The van der Waals surface area contributed by atoms with Gasteiger partial charge in [0.1, 0.15) is 5.75 Å². The van der Waals surface area contributed by atoms with E-state index in [4.69, 9.17) is 4.74 Å². The lowest BCUT2D eigenvalue weighted by Gasteiger charge is -2.18. The van der Waals surface area contributed by atoms with Crippen LogP contribution >= 0.6 is 0 Å². The minimum absolute atomic E-state index is 0.0305. The second-order valence-corrected chi connectivity index (χ2v) is 4.78. The van der Waals surface area contributed by atoms with Gasteiger partial charge < -0.3 is 9.64 Å². The van der Waals surface area contributed by atoms with Gasteiger partial charge in [-0.15, -0.1) is 0 Å². The number of hydrogen-bond donors (Lipinski definition) is 0. The summed E-state index contributed by atoms with van der Waals surface area (Å²) >= 11 is 0. The van der Waals surface area contributed by atoms with E-state index < -0.39 is 0 Å². The highest BCUT2D eigenvalue weighted by Crippen LogP contribution is 2.11. The van der Waals surface area contributed by atoms with Crippen molar-refractivity contribution in [2.75, 3.05) is 13.7 Å². The largest absolute Gasteiger partial charge is 0.484 e. The molecule has 0 aliphatic rings. The number of carbonyl (C=O) groups is 1. The molecule has 0 aliphatic heterocycles. The van der Waals surface area contributed by atoms with Crippen LogP contribution in [0.25, 0.3) is 0 Å². The van der Waals surface area contributed by atoms with Gasteiger partial charge in [0.05, 0.1) is 0 Å².